The summed E-state index contributed by atoms with van der Waals surface area (Å²) in [6.07, 6.45) is 2.25. The van der Waals surface area contributed by atoms with Gasteiger partial charge in [-0.3, -0.25) is 14.4 Å². The summed E-state index contributed by atoms with van der Waals surface area (Å²) in [6, 6.07) is 0. The van der Waals surface area contributed by atoms with Gasteiger partial charge in [-0.25, -0.2) is 4.79 Å². The van der Waals surface area contributed by atoms with Gasteiger partial charge < -0.3 is 9.84 Å². The summed E-state index contributed by atoms with van der Waals surface area (Å²) in [6.45, 7) is 4.67. The van der Waals surface area contributed by atoms with Crippen LogP contribution in [0.15, 0.2) is 12.4 Å². The summed E-state index contributed by atoms with van der Waals surface area (Å²) >= 11 is 0. The van der Waals surface area contributed by atoms with E-state index in [1.165, 1.54) is 10.9 Å². The molecule has 1 aromatic heterocycles. The third kappa shape index (κ3) is 4.08. The van der Waals surface area contributed by atoms with E-state index in [4.69, 9.17) is 9.84 Å². The van der Waals surface area contributed by atoms with E-state index >= 15 is 0 Å². The maximum atomic E-state index is 11.9. The van der Waals surface area contributed by atoms with Gasteiger partial charge in [0.1, 0.15) is 12.1 Å². The normalized spacial score (nSPS) is 11.1. The first-order valence-corrected chi connectivity index (χ1v) is 5.40. The molecule has 18 heavy (non-hydrogen) atoms. The van der Waals surface area contributed by atoms with Crippen molar-refractivity contribution in [2.24, 2.45) is 7.05 Å². The lowest BCUT2D eigenvalue weighted by atomic mass is 10.2. The van der Waals surface area contributed by atoms with E-state index in [1.807, 2.05) is 0 Å². The van der Waals surface area contributed by atoms with Gasteiger partial charge in [0.15, 0.2) is 0 Å². The third-order valence-electron chi connectivity index (χ3n) is 1.91. The van der Waals surface area contributed by atoms with E-state index in [-0.39, 0.29) is 0 Å². The van der Waals surface area contributed by atoms with E-state index in [0.29, 0.717) is 5.69 Å². The van der Waals surface area contributed by atoms with Crippen molar-refractivity contribution >= 4 is 17.7 Å². The molecule has 1 rings (SSSR count). The highest BCUT2D eigenvalue weighted by Crippen LogP contribution is 2.17. The molecule has 0 saturated heterocycles. The average molecular weight is 255 g/mol. The Labute approximate surface area is 105 Å². The molecule has 0 bridgehead atoms. The number of ether oxygens (including phenoxy) is 1. The first-order valence-electron chi connectivity index (χ1n) is 5.40. The molecular weight excluding hydrogens is 238 g/mol. The molecule has 0 fully saturated rings. The first-order chi connectivity index (χ1) is 8.19. The van der Waals surface area contributed by atoms with Crippen LogP contribution in [-0.2, 0) is 16.6 Å². The van der Waals surface area contributed by atoms with E-state index in [0.717, 1.165) is 4.90 Å². The monoisotopic (exact) mass is 255 g/mol. The van der Waals surface area contributed by atoms with Gasteiger partial charge in [0, 0.05) is 13.2 Å². The summed E-state index contributed by atoms with van der Waals surface area (Å²) < 4.78 is 6.63. The largest absolute Gasteiger partial charge is 0.480 e. The molecule has 0 radical (unpaired) electrons. The van der Waals surface area contributed by atoms with Crippen LogP contribution in [0.2, 0.25) is 0 Å². The van der Waals surface area contributed by atoms with Crippen molar-refractivity contribution < 1.29 is 19.4 Å². The SMILES string of the molecule is Cn1cc(N(CC(=O)O)C(=O)OC(C)(C)C)cn1. The highest BCUT2D eigenvalue weighted by atomic mass is 16.6. The lowest BCUT2D eigenvalue weighted by molar-refractivity contribution is -0.135. The van der Waals surface area contributed by atoms with Crippen LogP contribution in [0.25, 0.3) is 0 Å². The standard InChI is InChI=1S/C11H17N3O4/c1-11(2,3)18-10(17)14(7-9(15)16)8-5-12-13(4)6-8/h5-6H,7H2,1-4H3,(H,15,16). The Hall–Kier alpha value is -2.05. The molecule has 0 unspecified atom stereocenters. The van der Waals surface area contributed by atoms with Crippen LogP contribution in [0.1, 0.15) is 20.8 Å². The van der Waals surface area contributed by atoms with Crippen LogP contribution >= 0.6 is 0 Å². The molecule has 0 aliphatic rings. The zero-order valence-electron chi connectivity index (χ0n) is 10.9. The molecule has 0 atom stereocenters. The molecule has 7 nitrogen and oxygen atoms in total. The Bertz CT molecular complexity index is 447. The van der Waals surface area contributed by atoms with Crippen LogP contribution in [0.3, 0.4) is 0 Å². The lowest BCUT2D eigenvalue weighted by Gasteiger charge is -2.25. The summed E-state index contributed by atoms with van der Waals surface area (Å²) in [7, 11) is 1.68. The molecule has 1 amide bonds. The van der Waals surface area contributed by atoms with E-state index in [9.17, 15) is 9.59 Å². The number of carbonyl (C=O) groups excluding carboxylic acids is 1. The molecule has 0 aliphatic heterocycles. The van der Waals surface area contributed by atoms with E-state index in [1.54, 1.807) is 34.0 Å². The van der Waals surface area contributed by atoms with Crippen molar-refractivity contribution in [3.8, 4) is 0 Å². The summed E-state index contributed by atoms with van der Waals surface area (Å²) in [5.41, 5.74) is -0.301. The number of amides is 1. The fourth-order valence-corrected chi connectivity index (χ4v) is 1.26. The summed E-state index contributed by atoms with van der Waals surface area (Å²) in [5.74, 6) is -1.12. The number of anilines is 1. The Morgan fingerprint density at radius 1 is 1.50 bits per heavy atom. The average Bonchev–Trinajstić information content (AvgIpc) is 2.57. The van der Waals surface area contributed by atoms with Gasteiger partial charge in [-0.15, -0.1) is 0 Å². The third-order valence-corrected chi connectivity index (χ3v) is 1.91. The topological polar surface area (TPSA) is 84.7 Å². The predicted molar refractivity (Wildman–Crippen MR) is 64.4 cm³/mol. The molecule has 1 aromatic rings. The predicted octanol–water partition coefficient (Wildman–Crippen LogP) is 1.25. The summed E-state index contributed by atoms with van der Waals surface area (Å²) in [4.78, 5) is 23.7. The first kappa shape index (κ1) is 14.0. The molecular formula is C11H17N3O4. The number of rotatable bonds is 3. The highest BCUT2D eigenvalue weighted by molar-refractivity contribution is 5.92. The van der Waals surface area contributed by atoms with Crippen molar-refractivity contribution in [1.82, 2.24) is 9.78 Å². The minimum atomic E-state index is -1.12. The van der Waals surface area contributed by atoms with Crippen molar-refractivity contribution in [1.29, 1.82) is 0 Å². The minimum Gasteiger partial charge on any atom is -0.480 e. The zero-order chi connectivity index (χ0) is 13.9. The van der Waals surface area contributed by atoms with E-state index < -0.39 is 24.2 Å². The van der Waals surface area contributed by atoms with Gasteiger partial charge >= 0.3 is 12.1 Å². The number of carbonyl (C=O) groups is 2. The van der Waals surface area contributed by atoms with Gasteiger partial charge in [0.2, 0.25) is 0 Å². The molecule has 1 N–H and O–H groups in total. The fraction of sp³-hybridized carbons (Fsp3) is 0.545. The summed E-state index contributed by atoms with van der Waals surface area (Å²) in [5, 5.41) is 12.7. The second kappa shape index (κ2) is 5.07. The quantitative estimate of drug-likeness (QED) is 0.878. The van der Waals surface area contributed by atoms with Crippen LogP contribution in [0.5, 0.6) is 0 Å². The molecule has 1 heterocycles. The second-order valence-electron chi connectivity index (χ2n) is 4.83. The van der Waals surface area contributed by atoms with E-state index in [2.05, 4.69) is 5.10 Å². The van der Waals surface area contributed by atoms with Crippen molar-refractivity contribution in [3.05, 3.63) is 12.4 Å². The Kier molecular flexibility index (Phi) is 3.95. The Morgan fingerprint density at radius 2 is 2.11 bits per heavy atom. The maximum Gasteiger partial charge on any atom is 0.415 e. The minimum absolute atomic E-state index is 0.383. The second-order valence-corrected chi connectivity index (χ2v) is 4.83. The van der Waals surface area contributed by atoms with Crippen molar-refractivity contribution in [3.63, 3.8) is 0 Å². The Balaban J connectivity index is 2.91. The van der Waals surface area contributed by atoms with Crippen LogP contribution in [0, 0.1) is 0 Å². The Morgan fingerprint density at radius 3 is 2.50 bits per heavy atom. The van der Waals surface area contributed by atoms with Gasteiger partial charge in [0.05, 0.1) is 11.9 Å². The number of aromatic nitrogens is 2. The number of hydrogen-bond donors (Lipinski definition) is 1. The molecule has 0 aliphatic carbocycles. The molecule has 0 spiro atoms. The van der Waals surface area contributed by atoms with Crippen molar-refractivity contribution in [2.45, 2.75) is 26.4 Å². The van der Waals surface area contributed by atoms with Gasteiger partial charge in [-0.2, -0.15) is 5.10 Å². The number of carboxylic acid groups (broad SMARTS) is 1. The van der Waals surface area contributed by atoms with Crippen LogP contribution in [0.4, 0.5) is 10.5 Å². The number of carboxylic acids is 1. The molecule has 100 valence electrons. The van der Waals surface area contributed by atoms with Gasteiger partial charge in [0.25, 0.3) is 0 Å². The van der Waals surface area contributed by atoms with Gasteiger partial charge in [-0.1, -0.05) is 0 Å². The highest BCUT2D eigenvalue weighted by Gasteiger charge is 2.25. The van der Waals surface area contributed by atoms with Crippen LogP contribution in [-0.4, -0.2) is 39.1 Å². The fourth-order valence-electron chi connectivity index (χ4n) is 1.26. The van der Waals surface area contributed by atoms with Gasteiger partial charge in [-0.05, 0) is 20.8 Å². The number of hydrogen-bond acceptors (Lipinski definition) is 4. The molecule has 0 saturated carbocycles. The maximum absolute atomic E-state index is 11.9. The van der Waals surface area contributed by atoms with Crippen LogP contribution < -0.4 is 4.90 Å². The number of nitrogens with zero attached hydrogens (tertiary/aromatic N) is 3. The van der Waals surface area contributed by atoms with Crippen molar-refractivity contribution in [2.75, 3.05) is 11.4 Å². The zero-order valence-corrected chi connectivity index (χ0v) is 10.9. The number of aliphatic carboxylic acids is 1. The molecule has 0 aromatic carbocycles. The molecule has 7 heteroatoms. The number of aryl methyl sites for hydroxylation is 1. The lowest BCUT2D eigenvalue weighted by Crippen LogP contribution is -2.39. The smallest absolute Gasteiger partial charge is 0.415 e.